The Morgan fingerprint density at radius 2 is 2.00 bits per heavy atom. The first-order valence-corrected chi connectivity index (χ1v) is 9.73. The lowest BCUT2D eigenvalue weighted by atomic mass is 10.1. The summed E-state index contributed by atoms with van der Waals surface area (Å²) in [4.78, 5) is 20.5. The molecule has 0 atom stereocenters. The van der Waals surface area contributed by atoms with Crippen LogP contribution in [0.15, 0.2) is 58.7 Å². The zero-order valence-electron chi connectivity index (χ0n) is 16.5. The molecule has 0 bridgehead atoms. The molecule has 0 saturated heterocycles. The molecule has 28 heavy (non-hydrogen) atoms. The number of nitrogens with zero attached hydrogens (tertiary/aromatic N) is 4. The minimum absolute atomic E-state index is 0.0937. The van der Waals surface area contributed by atoms with E-state index in [1.807, 2.05) is 31.3 Å². The van der Waals surface area contributed by atoms with Gasteiger partial charge in [-0.1, -0.05) is 37.7 Å². The minimum Gasteiger partial charge on any atom is -0.333 e. The van der Waals surface area contributed by atoms with Gasteiger partial charge in [-0.15, -0.1) is 0 Å². The maximum absolute atomic E-state index is 11.1. The number of non-ortho nitro benzene ring substituents is 1. The van der Waals surface area contributed by atoms with Crippen LogP contribution in [0.1, 0.15) is 36.8 Å². The van der Waals surface area contributed by atoms with Gasteiger partial charge < -0.3 is 10.3 Å². The number of pyridine rings is 1. The van der Waals surface area contributed by atoms with E-state index >= 15 is 0 Å². The first-order chi connectivity index (χ1) is 13.5. The third-order valence-electron chi connectivity index (χ3n) is 3.99. The quantitative estimate of drug-likeness (QED) is 0.487. The Kier molecular flexibility index (Phi) is 7.71. The average Bonchev–Trinajstić information content (AvgIpc) is 3.00. The van der Waals surface area contributed by atoms with E-state index in [0.717, 1.165) is 27.0 Å². The van der Waals surface area contributed by atoms with Gasteiger partial charge in [-0.2, -0.15) is 0 Å². The van der Waals surface area contributed by atoms with Crippen molar-refractivity contribution in [3.05, 3.63) is 76.0 Å². The van der Waals surface area contributed by atoms with E-state index in [2.05, 4.69) is 29.1 Å². The van der Waals surface area contributed by atoms with E-state index in [-0.39, 0.29) is 16.5 Å². The van der Waals surface area contributed by atoms with Crippen molar-refractivity contribution in [2.24, 2.45) is 5.73 Å². The van der Waals surface area contributed by atoms with E-state index in [1.165, 1.54) is 24.9 Å². The largest absolute Gasteiger partial charge is 0.333 e. The van der Waals surface area contributed by atoms with E-state index in [9.17, 15) is 10.1 Å². The summed E-state index contributed by atoms with van der Waals surface area (Å²) >= 11 is 1.52. The van der Waals surface area contributed by atoms with Crippen molar-refractivity contribution in [3.8, 4) is 0 Å². The summed E-state index contributed by atoms with van der Waals surface area (Å²) in [6.07, 6.45) is 3.60. The van der Waals surface area contributed by atoms with Crippen LogP contribution in [0.2, 0.25) is 0 Å². The molecule has 0 aliphatic heterocycles. The molecule has 1 aromatic carbocycles. The lowest BCUT2D eigenvalue weighted by molar-refractivity contribution is -0.385. The second kappa shape index (κ2) is 10.0. The van der Waals surface area contributed by atoms with Gasteiger partial charge in [-0.25, -0.2) is 4.98 Å². The van der Waals surface area contributed by atoms with Gasteiger partial charge in [0.25, 0.3) is 5.69 Å². The van der Waals surface area contributed by atoms with E-state index < -0.39 is 0 Å². The predicted molar refractivity (Wildman–Crippen MR) is 112 cm³/mol. The van der Waals surface area contributed by atoms with Crippen molar-refractivity contribution in [2.75, 3.05) is 7.05 Å². The first kappa shape index (κ1) is 21.6. The SMILES string of the molecule is CN.Cc1nc(C(C)C)c(Sc2cccc([N+](=O)[O-])c2)n1Cc1cccnc1. The number of hydrogen-bond acceptors (Lipinski definition) is 6. The minimum atomic E-state index is -0.369. The smallest absolute Gasteiger partial charge is 0.270 e. The molecular weight excluding hydrogens is 374 g/mol. The van der Waals surface area contributed by atoms with Crippen LogP contribution in [0.25, 0.3) is 0 Å². The number of nitrogens with two attached hydrogens (primary N) is 1. The molecule has 2 aromatic heterocycles. The summed E-state index contributed by atoms with van der Waals surface area (Å²) in [7, 11) is 1.50. The summed E-state index contributed by atoms with van der Waals surface area (Å²) in [5.41, 5.74) is 6.68. The van der Waals surface area contributed by atoms with Gasteiger partial charge in [0.15, 0.2) is 0 Å². The molecule has 0 aliphatic carbocycles. The van der Waals surface area contributed by atoms with Crippen LogP contribution in [0.3, 0.4) is 0 Å². The monoisotopic (exact) mass is 399 g/mol. The van der Waals surface area contributed by atoms with Crippen LogP contribution in [-0.4, -0.2) is 26.5 Å². The standard InChI is InChI=1S/C19H20N4O2S.CH5N/c1-13(2)18-19(26-17-8-4-7-16(10-17)23(24)25)22(14(3)21-18)12-15-6-5-9-20-11-15;1-2/h4-11,13H,12H2,1-3H3;2H2,1H3. The number of nitro benzene ring substituents is 1. The normalized spacial score (nSPS) is 10.5. The third kappa shape index (κ3) is 5.17. The summed E-state index contributed by atoms with van der Waals surface area (Å²) in [5.74, 6) is 1.18. The molecule has 3 aromatic rings. The maximum Gasteiger partial charge on any atom is 0.270 e. The molecule has 0 radical (unpaired) electrons. The Morgan fingerprint density at radius 1 is 1.25 bits per heavy atom. The second-order valence-electron chi connectivity index (χ2n) is 6.31. The molecule has 2 N–H and O–H groups in total. The Bertz CT molecular complexity index is 926. The summed E-state index contributed by atoms with van der Waals surface area (Å²) < 4.78 is 2.15. The second-order valence-corrected chi connectivity index (χ2v) is 7.37. The Balaban J connectivity index is 0.00000136. The number of aromatic nitrogens is 3. The van der Waals surface area contributed by atoms with Crippen molar-refractivity contribution in [1.29, 1.82) is 0 Å². The molecule has 0 spiro atoms. The molecule has 0 saturated carbocycles. The molecule has 2 heterocycles. The number of benzene rings is 1. The number of hydrogen-bond donors (Lipinski definition) is 1. The van der Waals surface area contributed by atoms with Crippen molar-refractivity contribution in [3.63, 3.8) is 0 Å². The van der Waals surface area contributed by atoms with Gasteiger partial charge in [0.2, 0.25) is 0 Å². The molecule has 0 aliphatic rings. The van der Waals surface area contributed by atoms with E-state index in [0.29, 0.717) is 6.54 Å². The fraction of sp³-hybridized carbons (Fsp3) is 0.300. The maximum atomic E-state index is 11.1. The van der Waals surface area contributed by atoms with E-state index in [4.69, 9.17) is 4.98 Å². The highest BCUT2D eigenvalue weighted by Gasteiger charge is 2.19. The van der Waals surface area contributed by atoms with Crippen molar-refractivity contribution in [2.45, 2.75) is 43.2 Å². The van der Waals surface area contributed by atoms with Crippen molar-refractivity contribution < 1.29 is 4.92 Å². The number of imidazole rings is 1. The lowest BCUT2D eigenvalue weighted by Crippen LogP contribution is -2.04. The van der Waals surface area contributed by atoms with Crippen LogP contribution >= 0.6 is 11.8 Å². The zero-order chi connectivity index (χ0) is 20.7. The van der Waals surface area contributed by atoms with Crippen LogP contribution in [0, 0.1) is 17.0 Å². The van der Waals surface area contributed by atoms with Gasteiger partial charge in [0.05, 0.1) is 17.2 Å². The number of aryl methyl sites for hydroxylation is 1. The van der Waals surface area contributed by atoms with Crippen LogP contribution in [-0.2, 0) is 6.54 Å². The first-order valence-electron chi connectivity index (χ1n) is 8.91. The van der Waals surface area contributed by atoms with Crippen LogP contribution < -0.4 is 5.73 Å². The Labute approximate surface area is 169 Å². The predicted octanol–water partition coefficient (Wildman–Crippen LogP) is 4.39. The zero-order valence-corrected chi connectivity index (χ0v) is 17.3. The fourth-order valence-electron chi connectivity index (χ4n) is 2.68. The molecule has 8 heteroatoms. The van der Waals surface area contributed by atoms with Gasteiger partial charge in [-0.3, -0.25) is 15.1 Å². The van der Waals surface area contributed by atoms with E-state index in [1.54, 1.807) is 18.3 Å². The topological polar surface area (TPSA) is 99.9 Å². The Hall–Kier alpha value is -2.71. The highest BCUT2D eigenvalue weighted by Crippen LogP contribution is 2.36. The van der Waals surface area contributed by atoms with Gasteiger partial charge in [0, 0.05) is 29.4 Å². The lowest BCUT2D eigenvalue weighted by Gasteiger charge is -2.12. The molecule has 0 amide bonds. The Morgan fingerprint density at radius 3 is 2.61 bits per heavy atom. The molecule has 0 fully saturated rings. The summed E-state index contributed by atoms with van der Waals surface area (Å²) in [6.45, 7) is 6.86. The van der Waals surface area contributed by atoms with Gasteiger partial charge in [0.1, 0.15) is 10.9 Å². The van der Waals surface area contributed by atoms with Crippen LogP contribution in [0.5, 0.6) is 0 Å². The van der Waals surface area contributed by atoms with Crippen molar-refractivity contribution >= 4 is 17.4 Å². The summed E-state index contributed by atoms with van der Waals surface area (Å²) in [5, 5.41) is 12.1. The third-order valence-corrected chi connectivity index (χ3v) is 5.10. The molecule has 148 valence electrons. The van der Waals surface area contributed by atoms with Crippen LogP contribution in [0.4, 0.5) is 5.69 Å². The van der Waals surface area contributed by atoms with Gasteiger partial charge >= 0.3 is 0 Å². The molecule has 7 nitrogen and oxygen atoms in total. The number of rotatable bonds is 6. The highest BCUT2D eigenvalue weighted by molar-refractivity contribution is 7.99. The average molecular weight is 400 g/mol. The van der Waals surface area contributed by atoms with Crippen molar-refractivity contribution in [1.82, 2.24) is 14.5 Å². The highest BCUT2D eigenvalue weighted by atomic mass is 32.2. The molecular formula is C20H25N5O2S. The number of nitro groups is 1. The molecule has 3 rings (SSSR count). The van der Waals surface area contributed by atoms with Gasteiger partial charge in [-0.05, 0) is 37.6 Å². The summed E-state index contributed by atoms with van der Waals surface area (Å²) in [6, 6.07) is 10.7. The fourth-order valence-corrected chi connectivity index (χ4v) is 3.93. The molecule has 0 unspecified atom stereocenters.